The first kappa shape index (κ1) is 27.5. The maximum atomic E-state index is 14.1. The second-order valence-electron chi connectivity index (χ2n) is 9.94. The topological polar surface area (TPSA) is 59.1 Å². The number of rotatable bonds is 14. The number of ether oxygens (including phenoxy) is 2. The second kappa shape index (κ2) is 12.8. The number of nitrogens with zero attached hydrogens (tertiary/aromatic N) is 2. The lowest BCUT2D eigenvalue weighted by Crippen LogP contribution is -2.31. The van der Waals surface area contributed by atoms with E-state index in [9.17, 15) is 9.59 Å². The van der Waals surface area contributed by atoms with Gasteiger partial charge in [0.15, 0.2) is 0 Å². The van der Waals surface area contributed by atoms with E-state index in [-0.39, 0.29) is 11.8 Å². The molecule has 2 aromatic carbocycles. The van der Waals surface area contributed by atoms with Crippen molar-refractivity contribution in [2.75, 3.05) is 27.3 Å². The summed E-state index contributed by atoms with van der Waals surface area (Å²) in [7, 11) is 3.27. The number of hydrogen-bond donors (Lipinski definition) is 0. The molecule has 0 spiro atoms. The van der Waals surface area contributed by atoms with Crippen LogP contribution in [-0.2, 0) is 9.59 Å². The molecule has 2 amide bonds. The van der Waals surface area contributed by atoms with Gasteiger partial charge in [-0.3, -0.25) is 9.59 Å². The molecule has 2 aliphatic heterocycles. The lowest BCUT2D eigenvalue weighted by Gasteiger charge is -2.25. The third-order valence-corrected chi connectivity index (χ3v) is 7.38. The molecule has 2 aromatic rings. The third-order valence-electron chi connectivity index (χ3n) is 7.38. The van der Waals surface area contributed by atoms with Crippen molar-refractivity contribution in [1.29, 1.82) is 0 Å². The molecule has 4 rings (SSSR count). The number of hydrogen-bond acceptors (Lipinski definition) is 4. The van der Waals surface area contributed by atoms with E-state index in [0.29, 0.717) is 24.2 Å². The van der Waals surface area contributed by atoms with Gasteiger partial charge in [-0.25, -0.2) is 0 Å². The Morgan fingerprint density at radius 2 is 0.921 bits per heavy atom. The number of carbonyl (C=O) groups is 2. The maximum absolute atomic E-state index is 14.1. The van der Waals surface area contributed by atoms with Crippen molar-refractivity contribution in [1.82, 2.24) is 9.80 Å². The van der Waals surface area contributed by atoms with E-state index < -0.39 is 0 Å². The minimum Gasteiger partial charge on any atom is -0.497 e. The van der Waals surface area contributed by atoms with Gasteiger partial charge in [0.1, 0.15) is 11.5 Å². The third kappa shape index (κ3) is 5.50. The Kier molecular flexibility index (Phi) is 9.27. The monoisotopic (exact) mass is 516 g/mol. The average molecular weight is 517 g/mol. The Morgan fingerprint density at radius 1 is 0.553 bits per heavy atom. The van der Waals surface area contributed by atoms with Crippen LogP contribution < -0.4 is 9.47 Å². The minimum absolute atomic E-state index is 0.0856. The van der Waals surface area contributed by atoms with Crippen molar-refractivity contribution in [3.8, 4) is 11.5 Å². The highest BCUT2D eigenvalue weighted by atomic mass is 16.5. The largest absolute Gasteiger partial charge is 0.497 e. The molecule has 0 aromatic heterocycles. The van der Waals surface area contributed by atoms with Crippen LogP contribution >= 0.6 is 0 Å². The quantitative estimate of drug-likeness (QED) is 0.263. The summed E-state index contributed by atoms with van der Waals surface area (Å²) < 4.78 is 10.7. The SMILES string of the molecule is CCCCCCN1C(=O)C2=C(c3ccc(OC)cc3)N(CCCCCC)C(=O)C2=C1c1ccc(OC)cc1. The molecule has 0 atom stereocenters. The van der Waals surface area contributed by atoms with Crippen molar-refractivity contribution in [2.24, 2.45) is 0 Å². The van der Waals surface area contributed by atoms with Gasteiger partial charge in [-0.05, 0) is 72.5 Å². The fourth-order valence-corrected chi connectivity index (χ4v) is 5.31. The first-order chi connectivity index (χ1) is 18.5. The van der Waals surface area contributed by atoms with Crippen molar-refractivity contribution >= 4 is 23.2 Å². The van der Waals surface area contributed by atoms with Gasteiger partial charge in [0.2, 0.25) is 0 Å². The smallest absolute Gasteiger partial charge is 0.261 e. The van der Waals surface area contributed by atoms with Gasteiger partial charge in [-0.1, -0.05) is 52.4 Å². The van der Waals surface area contributed by atoms with Gasteiger partial charge in [-0.15, -0.1) is 0 Å². The molecule has 38 heavy (non-hydrogen) atoms. The van der Waals surface area contributed by atoms with Crippen molar-refractivity contribution < 1.29 is 19.1 Å². The highest BCUT2D eigenvalue weighted by Gasteiger charge is 2.48. The Labute approximate surface area is 226 Å². The van der Waals surface area contributed by atoms with Crippen LogP contribution in [0.2, 0.25) is 0 Å². The molecule has 2 heterocycles. The van der Waals surface area contributed by atoms with E-state index in [2.05, 4.69) is 13.8 Å². The zero-order valence-corrected chi connectivity index (χ0v) is 23.2. The molecule has 0 saturated heterocycles. The molecule has 0 saturated carbocycles. The van der Waals surface area contributed by atoms with E-state index in [0.717, 1.165) is 85.4 Å². The molecule has 6 heteroatoms. The van der Waals surface area contributed by atoms with Crippen molar-refractivity contribution in [2.45, 2.75) is 65.2 Å². The number of carbonyl (C=O) groups excluding carboxylic acids is 2. The summed E-state index contributed by atoms with van der Waals surface area (Å²) in [5.41, 5.74) is 4.20. The van der Waals surface area contributed by atoms with Gasteiger partial charge in [-0.2, -0.15) is 0 Å². The van der Waals surface area contributed by atoms with Crippen LogP contribution in [0.25, 0.3) is 11.4 Å². The van der Waals surface area contributed by atoms with Crippen LogP contribution in [0.1, 0.15) is 76.3 Å². The normalized spacial score (nSPS) is 15.2. The van der Waals surface area contributed by atoms with Crippen LogP contribution in [0.4, 0.5) is 0 Å². The van der Waals surface area contributed by atoms with E-state index in [1.54, 1.807) is 14.2 Å². The lowest BCUT2D eigenvalue weighted by atomic mass is 10.0. The molecule has 0 unspecified atom stereocenters. The van der Waals surface area contributed by atoms with Crippen LogP contribution in [0.3, 0.4) is 0 Å². The first-order valence-corrected chi connectivity index (χ1v) is 14.0. The summed E-state index contributed by atoms with van der Waals surface area (Å²) in [6.07, 6.45) is 8.39. The van der Waals surface area contributed by atoms with Crippen LogP contribution in [0.5, 0.6) is 11.5 Å². The van der Waals surface area contributed by atoms with Crippen molar-refractivity contribution in [3.05, 3.63) is 70.8 Å². The highest BCUT2D eigenvalue weighted by Crippen LogP contribution is 2.47. The number of benzene rings is 2. The van der Waals surface area contributed by atoms with E-state index in [4.69, 9.17) is 9.47 Å². The standard InChI is InChI=1S/C32H40N2O4/c1-5-7-9-11-21-33-29(23-13-17-25(37-3)18-14-23)27-28(31(33)35)30(24-15-19-26(38-4)20-16-24)34(32(27)36)22-12-10-8-6-2/h13-20H,5-12,21-22H2,1-4H3. The maximum Gasteiger partial charge on any atom is 0.261 e. The molecule has 0 aliphatic carbocycles. The predicted molar refractivity (Wildman–Crippen MR) is 152 cm³/mol. The fourth-order valence-electron chi connectivity index (χ4n) is 5.31. The Balaban J connectivity index is 1.83. The summed E-state index contributed by atoms with van der Waals surface area (Å²) in [6, 6.07) is 15.3. The summed E-state index contributed by atoms with van der Waals surface area (Å²) in [6.45, 7) is 5.53. The first-order valence-electron chi connectivity index (χ1n) is 14.0. The molecule has 0 fully saturated rings. The van der Waals surface area contributed by atoms with Crippen LogP contribution in [0.15, 0.2) is 59.7 Å². The molecule has 6 nitrogen and oxygen atoms in total. The number of amides is 2. The number of methoxy groups -OCH3 is 2. The predicted octanol–water partition coefficient (Wildman–Crippen LogP) is 6.67. The van der Waals surface area contributed by atoms with E-state index in [1.165, 1.54) is 0 Å². The molecule has 202 valence electrons. The molecule has 0 bridgehead atoms. The Morgan fingerprint density at radius 3 is 1.24 bits per heavy atom. The molecule has 0 N–H and O–H groups in total. The van der Waals surface area contributed by atoms with Gasteiger partial charge < -0.3 is 19.3 Å². The zero-order valence-electron chi connectivity index (χ0n) is 23.2. The summed E-state index contributed by atoms with van der Waals surface area (Å²) >= 11 is 0. The molecule has 0 radical (unpaired) electrons. The zero-order chi connectivity index (χ0) is 27.1. The highest BCUT2D eigenvalue weighted by molar-refractivity contribution is 6.30. The van der Waals surface area contributed by atoms with E-state index in [1.807, 2.05) is 58.3 Å². The number of unbranched alkanes of at least 4 members (excludes halogenated alkanes) is 6. The number of fused-ring (bicyclic) bond motifs is 1. The summed E-state index contributed by atoms with van der Waals surface area (Å²) in [5, 5.41) is 0. The fraction of sp³-hybridized carbons (Fsp3) is 0.438. The molecular weight excluding hydrogens is 476 g/mol. The minimum atomic E-state index is -0.0856. The van der Waals surface area contributed by atoms with Gasteiger partial charge >= 0.3 is 0 Å². The summed E-state index contributed by atoms with van der Waals surface area (Å²) in [4.78, 5) is 31.9. The van der Waals surface area contributed by atoms with Crippen molar-refractivity contribution in [3.63, 3.8) is 0 Å². The van der Waals surface area contributed by atoms with Crippen LogP contribution in [0, 0.1) is 0 Å². The van der Waals surface area contributed by atoms with E-state index >= 15 is 0 Å². The second-order valence-corrected chi connectivity index (χ2v) is 9.94. The molecular formula is C32H40N2O4. The Hall–Kier alpha value is -3.54. The Bertz CT molecular complexity index is 1100. The lowest BCUT2D eigenvalue weighted by molar-refractivity contribution is -0.124. The van der Waals surface area contributed by atoms with Crippen LogP contribution in [-0.4, -0.2) is 48.9 Å². The van der Waals surface area contributed by atoms with Gasteiger partial charge in [0.25, 0.3) is 11.8 Å². The molecule has 2 aliphatic rings. The van der Waals surface area contributed by atoms with Gasteiger partial charge in [0.05, 0.1) is 36.8 Å². The van der Waals surface area contributed by atoms with Gasteiger partial charge in [0, 0.05) is 13.1 Å². The average Bonchev–Trinajstić information content (AvgIpc) is 3.40. The summed E-state index contributed by atoms with van der Waals surface area (Å²) in [5.74, 6) is 1.31.